The van der Waals surface area contributed by atoms with Crippen LogP contribution in [0.5, 0.6) is 0 Å². The molecule has 116 valence electrons. The molecule has 2 rings (SSSR count). The van der Waals surface area contributed by atoms with E-state index >= 15 is 0 Å². The molecular weight excluding hydrogens is 288 g/mol. The zero-order chi connectivity index (χ0) is 15.9. The van der Waals surface area contributed by atoms with Gasteiger partial charge in [-0.05, 0) is 12.5 Å². The molecule has 0 atom stereocenters. The number of carbonyl (C=O) groups is 2. The lowest BCUT2D eigenvalue weighted by Crippen LogP contribution is -2.17. The van der Waals surface area contributed by atoms with Gasteiger partial charge in [-0.1, -0.05) is 35.5 Å². The van der Waals surface area contributed by atoms with Crippen molar-refractivity contribution in [3.8, 4) is 0 Å². The minimum absolute atomic E-state index is 0.0323. The third-order valence-corrected chi connectivity index (χ3v) is 2.76. The Bertz CT molecular complexity index is 654. The number of benzene rings is 1. The van der Waals surface area contributed by atoms with Crippen molar-refractivity contribution in [3.63, 3.8) is 0 Å². The lowest BCUT2D eigenvalue weighted by molar-refractivity contribution is -0.145. The second-order valence-electron chi connectivity index (χ2n) is 4.35. The molecular formula is C14H16N4O4. The quantitative estimate of drug-likeness (QED) is 0.785. The van der Waals surface area contributed by atoms with E-state index in [9.17, 15) is 9.59 Å². The van der Waals surface area contributed by atoms with Gasteiger partial charge in [-0.15, -0.1) is 5.10 Å². The maximum atomic E-state index is 11.8. The number of aromatic nitrogens is 3. The van der Waals surface area contributed by atoms with Gasteiger partial charge in [0.05, 0.1) is 6.61 Å². The Morgan fingerprint density at radius 3 is 2.64 bits per heavy atom. The molecule has 22 heavy (non-hydrogen) atoms. The molecule has 1 heterocycles. The Morgan fingerprint density at radius 2 is 1.95 bits per heavy atom. The Morgan fingerprint density at radius 1 is 1.23 bits per heavy atom. The molecule has 0 aliphatic heterocycles. The van der Waals surface area contributed by atoms with Crippen molar-refractivity contribution < 1.29 is 19.1 Å². The predicted octanol–water partition coefficient (Wildman–Crippen LogP) is 0.780. The molecule has 8 nitrogen and oxygen atoms in total. The minimum Gasteiger partial charge on any atom is -0.461 e. The summed E-state index contributed by atoms with van der Waals surface area (Å²) in [5.41, 5.74) is 6.48. The predicted molar refractivity (Wildman–Crippen MR) is 76.6 cm³/mol. The highest BCUT2D eigenvalue weighted by molar-refractivity contribution is 5.92. The first-order chi connectivity index (χ1) is 10.6. The molecule has 2 aromatic rings. The van der Waals surface area contributed by atoms with Crippen molar-refractivity contribution in [2.24, 2.45) is 0 Å². The average molecular weight is 304 g/mol. The molecule has 0 unspecified atom stereocenters. The molecule has 0 spiro atoms. The van der Waals surface area contributed by atoms with Gasteiger partial charge in [0, 0.05) is 0 Å². The molecule has 0 radical (unpaired) electrons. The van der Waals surface area contributed by atoms with Crippen LogP contribution in [-0.2, 0) is 27.4 Å². The van der Waals surface area contributed by atoms with Crippen LogP contribution in [0, 0.1) is 0 Å². The van der Waals surface area contributed by atoms with Crippen LogP contribution >= 0.6 is 0 Å². The first kappa shape index (κ1) is 15.5. The number of carbonyl (C=O) groups excluding carboxylic acids is 2. The third-order valence-electron chi connectivity index (χ3n) is 2.76. The van der Waals surface area contributed by atoms with E-state index in [1.807, 2.05) is 30.3 Å². The van der Waals surface area contributed by atoms with Crippen LogP contribution in [0.4, 0.5) is 5.82 Å². The zero-order valence-corrected chi connectivity index (χ0v) is 12.1. The third kappa shape index (κ3) is 3.81. The summed E-state index contributed by atoms with van der Waals surface area (Å²) in [7, 11) is 0. The van der Waals surface area contributed by atoms with Gasteiger partial charge in [-0.25, -0.2) is 9.48 Å². The summed E-state index contributed by atoms with van der Waals surface area (Å²) in [6, 6.07) is 9.26. The van der Waals surface area contributed by atoms with Crippen molar-refractivity contribution in [2.45, 2.75) is 20.1 Å². The first-order valence-corrected chi connectivity index (χ1v) is 6.67. The van der Waals surface area contributed by atoms with Gasteiger partial charge < -0.3 is 15.2 Å². The highest BCUT2D eigenvalue weighted by Gasteiger charge is 2.20. The largest absolute Gasteiger partial charge is 0.461 e. The summed E-state index contributed by atoms with van der Waals surface area (Å²) in [6.07, 6.45) is 0. The molecule has 1 aromatic carbocycles. The molecule has 0 saturated heterocycles. The molecule has 0 amide bonds. The fourth-order valence-electron chi connectivity index (χ4n) is 1.69. The Hall–Kier alpha value is -2.90. The van der Waals surface area contributed by atoms with Gasteiger partial charge in [-0.3, -0.25) is 4.79 Å². The van der Waals surface area contributed by atoms with Crippen LogP contribution in [0.15, 0.2) is 30.3 Å². The Labute approximate surface area is 126 Å². The van der Waals surface area contributed by atoms with Gasteiger partial charge in [0.1, 0.15) is 13.2 Å². The van der Waals surface area contributed by atoms with Crippen molar-refractivity contribution >= 4 is 17.8 Å². The molecule has 1 aromatic heterocycles. The number of nitrogens with zero attached hydrogens (tertiary/aromatic N) is 3. The molecule has 0 fully saturated rings. The van der Waals surface area contributed by atoms with Crippen LogP contribution in [0.3, 0.4) is 0 Å². The summed E-state index contributed by atoms with van der Waals surface area (Å²) < 4.78 is 11.0. The Kier molecular flexibility index (Phi) is 5.07. The number of ether oxygens (including phenoxy) is 2. The van der Waals surface area contributed by atoms with E-state index in [0.29, 0.717) is 0 Å². The summed E-state index contributed by atoms with van der Waals surface area (Å²) in [5, 5.41) is 7.27. The summed E-state index contributed by atoms with van der Waals surface area (Å²) in [4.78, 5) is 23.3. The van der Waals surface area contributed by atoms with E-state index in [1.54, 1.807) is 6.92 Å². The minimum atomic E-state index is -0.677. The number of esters is 2. The van der Waals surface area contributed by atoms with E-state index in [-0.39, 0.29) is 31.3 Å². The van der Waals surface area contributed by atoms with Crippen LogP contribution in [-0.4, -0.2) is 33.5 Å². The van der Waals surface area contributed by atoms with Gasteiger partial charge >= 0.3 is 11.9 Å². The number of rotatable bonds is 6. The van der Waals surface area contributed by atoms with Crippen LogP contribution < -0.4 is 5.73 Å². The van der Waals surface area contributed by atoms with E-state index < -0.39 is 11.9 Å². The maximum Gasteiger partial charge on any atom is 0.362 e. The average Bonchev–Trinajstić information content (AvgIpc) is 2.88. The molecule has 2 N–H and O–H groups in total. The van der Waals surface area contributed by atoms with Gasteiger partial charge in [0.25, 0.3) is 0 Å². The second-order valence-corrected chi connectivity index (χ2v) is 4.35. The SMILES string of the molecule is CCOC(=O)c1nnn(CC(=O)OCc2ccccc2)c1N. The van der Waals surface area contributed by atoms with E-state index in [0.717, 1.165) is 10.2 Å². The molecule has 8 heteroatoms. The van der Waals surface area contributed by atoms with Gasteiger partial charge in [0.15, 0.2) is 5.82 Å². The number of nitrogens with two attached hydrogens (primary N) is 1. The second kappa shape index (κ2) is 7.21. The molecule has 0 saturated carbocycles. The van der Waals surface area contributed by atoms with Crippen LogP contribution in [0.2, 0.25) is 0 Å². The standard InChI is InChI=1S/C14H16N4O4/c1-2-21-14(20)12-13(15)18(17-16-12)8-11(19)22-9-10-6-4-3-5-7-10/h3-7H,2,8-9,15H2,1H3. The van der Waals surface area contributed by atoms with Crippen molar-refractivity contribution in [1.82, 2.24) is 15.0 Å². The van der Waals surface area contributed by atoms with E-state index in [4.69, 9.17) is 15.2 Å². The van der Waals surface area contributed by atoms with E-state index in [2.05, 4.69) is 10.3 Å². The molecule has 0 bridgehead atoms. The first-order valence-electron chi connectivity index (χ1n) is 6.67. The maximum absolute atomic E-state index is 11.8. The van der Waals surface area contributed by atoms with Crippen molar-refractivity contribution in [1.29, 1.82) is 0 Å². The normalized spacial score (nSPS) is 10.2. The van der Waals surface area contributed by atoms with Gasteiger partial charge in [-0.2, -0.15) is 0 Å². The number of hydrogen-bond acceptors (Lipinski definition) is 7. The highest BCUT2D eigenvalue weighted by Crippen LogP contribution is 2.09. The highest BCUT2D eigenvalue weighted by atomic mass is 16.5. The number of hydrogen-bond donors (Lipinski definition) is 1. The Balaban J connectivity index is 1.93. The molecule has 0 aliphatic rings. The monoisotopic (exact) mass is 304 g/mol. The van der Waals surface area contributed by atoms with Gasteiger partial charge in [0.2, 0.25) is 5.69 Å². The lowest BCUT2D eigenvalue weighted by atomic mass is 10.2. The summed E-state index contributed by atoms with van der Waals surface area (Å²) in [6.45, 7) is 1.79. The lowest BCUT2D eigenvalue weighted by Gasteiger charge is -2.05. The van der Waals surface area contributed by atoms with Crippen LogP contribution in [0.25, 0.3) is 0 Å². The van der Waals surface area contributed by atoms with E-state index in [1.165, 1.54) is 0 Å². The smallest absolute Gasteiger partial charge is 0.362 e. The topological polar surface area (TPSA) is 109 Å². The fourth-order valence-corrected chi connectivity index (χ4v) is 1.69. The fraction of sp³-hybridized carbons (Fsp3) is 0.286. The number of nitrogen functional groups attached to an aromatic ring is 1. The zero-order valence-electron chi connectivity index (χ0n) is 12.1. The van der Waals surface area contributed by atoms with Crippen molar-refractivity contribution in [3.05, 3.63) is 41.6 Å². The van der Waals surface area contributed by atoms with Crippen LogP contribution in [0.1, 0.15) is 23.0 Å². The summed E-state index contributed by atoms with van der Waals surface area (Å²) >= 11 is 0. The number of anilines is 1. The summed E-state index contributed by atoms with van der Waals surface area (Å²) in [5.74, 6) is -1.24. The molecule has 0 aliphatic carbocycles. The van der Waals surface area contributed by atoms with Crippen molar-refractivity contribution in [2.75, 3.05) is 12.3 Å².